The maximum atomic E-state index is 5.55. The van der Waals surface area contributed by atoms with E-state index in [1.54, 1.807) is 7.11 Å². The molecule has 1 rings (SSSR count). The first kappa shape index (κ1) is 12.5. The number of hydrogen-bond donors (Lipinski definition) is 1. The summed E-state index contributed by atoms with van der Waals surface area (Å²) in [5.41, 5.74) is 1.12. The lowest BCUT2D eigenvalue weighted by atomic mass is 9.89. The molecule has 0 aliphatic carbocycles. The van der Waals surface area contributed by atoms with Gasteiger partial charge in [0.1, 0.15) is 0 Å². The Balaban J connectivity index is 2.76. The summed E-state index contributed by atoms with van der Waals surface area (Å²) in [7, 11) is 1.76. The summed E-state index contributed by atoms with van der Waals surface area (Å²) >= 11 is 0. The fourth-order valence-electron chi connectivity index (χ4n) is 1.94. The maximum absolute atomic E-state index is 5.55. The predicted molar refractivity (Wildman–Crippen MR) is 61.8 cm³/mol. The van der Waals surface area contributed by atoms with Crippen LogP contribution in [0.3, 0.4) is 0 Å². The summed E-state index contributed by atoms with van der Waals surface area (Å²) in [5.74, 6) is 0. The van der Waals surface area contributed by atoms with Gasteiger partial charge in [-0.25, -0.2) is 0 Å². The minimum atomic E-state index is -0.192. The van der Waals surface area contributed by atoms with Crippen LogP contribution in [-0.4, -0.2) is 31.9 Å². The lowest BCUT2D eigenvalue weighted by Crippen LogP contribution is -2.49. The van der Waals surface area contributed by atoms with Crippen LogP contribution in [0.15, 0.2) is 11.8 Å². The van der Waals surface area contributed by atoms with E-state index in [4.69, 9.17) is 9.47 Å². The topological polar surface area (TPSA) is 30.5 Å². The number of hydrogen-bond acceptors (Lipinski definition) is 3. The van der Waals surface area contributed by atoms with Crippen molar-refractivity contribution in [2.24, 2.45) is 0 Å². The van der Waals surface area contributed by atoms with E-state index >= 15 is 0 Å². The van der Waals surface area contributed by atoms with Gasteiger partial charge in [0.05, 0.1) is 24.5 Å². The van der Waals surface area contributed by atoms with Crippen molar-refractivity contribution < 1.29 is 9.47 Å². The minimum absolute atomic E-state index is 0.192. The van der Waals surface area contributed by atoms with Gasteiger partial charge >= 0.3 is 0 Å². The van der Waals surface area contributed by atoms with Crippen molar-refractivity contribution in [1.29, 1.82) is 0 Å². The van der Waals surface area contributed by atoms with Gasteiger partial charge < -0.3 is 14.8 Å². The van der Waals surface area contributed by atoms with Gasteiger partial charge in [-0.2, -0.15) is 0 Å². The van der Waals surface area contributed by atoms with Crippen LogP contribution in [0, 0.1) is 0 Å². The lowest BCUT2D eigenvalue weighted by molar-refractivity contribution is -0.00253. The molecule has 3 nitrogen and oxygen atoms in total. The van der Waals surface area contributed by atoms with Crippen LogP contribution in [0.5, 0.6) is 0 Å². The molecule has 1 aliphatic rings. The van der Waals surface area contributed by atoms with Gasteiger partial charge in [0.25, 0.3) is 0 Å². The quantitative estimate of drug-likeness (QED) is 0.758. The molecule has 88 valence electrons. The Kier molecular flexibility index (Phi) is 4.61. The zero-order valence-electron chi connectivity index (χ0n) is 10.3. The van der Waals surface area contributed by atoms with E-state index in [2.05, 4.69) is 26.1 Å². The fraction of sp³-hybridized carbons (Fsp3) is 0.833. The molecule has 1 unspecified atom stereocenters. The van der Waals surface area contributed by atoms with Gasteiger partial charge in [0.2, 0.25) is 0 Å². The van der Waals surface area contributed by atoms with Gasteiger partial charge in [-0.1, -0.05) is 6.92 Å². The molecule has 0 amide bonds. The highest BCUT2D eigenvalue weighted by Crippen LogP contribution is 2.25. The summed E-state index contributed by atoms with van der Waals surface area (Å²) in [6.45, 7) is 8.11. The summed E-state index contributed by atoms with van der Waals surface area (Å²) in [4.78, 5) is 0. The van der Waals surface area contributed by atoms with Crippen molar-refractivity contribution in [2.75, 3.05) is 20.3 Å². The second-order valence-electron chi connectivity index (χ2n) is 4.47. The molecule has 1 atom stereocenters. The molecule has 1 N–H and O–H groups in total. The molecule has 0 aromatic carbocycles. The SMILES string of the molecule is CCNC(C1=COCCC1)C(C)(C)OC. The van der Waals surface area contributed by atoms with Gasteiger partial charge in [0.15, 0.2) is 0 Å². The van der Waals surface area contributed by atoms with Crippen molar-refractivity contribution >= 4 is 0 Å². The van der Waals surface area contributed by atoms with Crippen LogP contribution in [0.1, 0.15) is 33.6 Å². The van der Waals surface area contributed by atoms with Gasteiger partial charge in [-0.3, -0.25) is 0 Å². The van der Waals surface area contributed by atoms with E-state index in [0.717, 1.165) is 26.0 Å². The molecule has 0 bridgehead atoms. The Morgan fingerprint density at radius 1 is 1.60 bits per heavy atom. The highest BCUT2D eigenvalue weighted by atomic mass is 16.5. The molecule has 0 saturated heterocycles. The second-order valence-corrected chi connectivity index (χ2v) is 4.47. The summed E-state index contributed by atoms with van der Waals surface area (Å²) in [6, 6.07) is 0.243. The van der Waals surface area contributed by atoms with E-state index < -0.39 is 0 Å². The largest absolute Gasteiger partial charge is 0.501 e. The normalized spacial score (nSPS) is 19.3. The van der Waals surface area contributed by atoms with Gasteiger partial charge in [-0.15, -0.1) is 0 Å². The summed E-state index contributed by atoms with van der Waals surface area (Å²) in [6.07, 6.45) is 4.11. The molecule has 0 aromatic heterocycles. The van der Waals surface area contributed by atoms with Crippen molar-refractivity contribution in [3.05, 3.63) is 11.8 Å². The smallest absolute Gasteiger partial charge is 0.0876 e. The first-order chi connectivity index (χ1) is 7.11. The molecule has 0 aromatic rings. The Morgan fingerprint density at radius 3 is 2.80 bits per heavy atom. The van der Waals surface area contributed by atoms with Crippen LogP contribution in [0.25, 0.3) is 0 Å². The number of rotatable bonds is 5. The zero-order valence-corrected chi connectivity index (χ0v) is 10.3. The van der Waals surface area contributed by atoms with E-state index in [0.29, 0.717) is 0 Å². The number of methoxy groups -OCH3 is 1. The average molecular weight is 213 g/mol. The van der Waals surface area contributed by atoms with E-state index in [-0.39, 0.29) is 11.6 Å². The first-order valence-electron chi connectivity index (χ1n) is 5.71. The molecule has 0 radical (unpaired) electrons. The highest BCUT2D eigenvalue weighted by molar-refractivity contribution is 5.15. The molecule has 0 saturated carbocycles. The maximum Gasteiger partial charge on any atom is 0.0876 e. The summed E-state index contributed by atoms with van der Waals surface area (Å²) in [5, 5.41) is 3.47. The minimum Gasteiger partial charge on any atom is -0.501 e. The molecule has 1 aliphatic heterocycles. The Morgan fingerprint density at radius 2 is 2.33 bits per heavy atom. The third-order valence-electron chi connectivity index (χ3n) is 2.96. The monoisotopic (exact) mass is 213 g/mol. The van der Waals surface area contributed by atoms with E-state index in [1.165, 1.54) is 5.57 Å². The van der Waals surface area contributed by atoms with Crippen LogP contribution < -0.4 is 5.32 Å². The van der Waals surface area contributed by atoms with Crippen LogP contribution in [0.2, 0.25) is 0 Å². The Hall–Kier alpha value is -0.540. The number of likely N-dealkylation sites (N-methyl/N-ethyl adjacent to an activating group) is 1. The molecular weight excluding hydrogens is 190 g/mol. The van der Waals surface area contributed by atoms with E-state index in [1.807, 2.05) is 6.26 Å². The molecule has 0 fully saturated rings. The molecular formula is C12H23NO2. The highest BCUT2D eigenvalue weighted by Gasteiger charge is 2.32. The van der Waals surface area contributed by atoms with Crippen molar-refractivity contribution in [1.82, 2.24) is 5.32 Å². The first-order valence-corrected chi connectivity index (χ1v) is 5.71. The van der Waals surface area contributed by atoms with Crippen LogP contribution in [0.4, 0.5) is 0 Å². The fourth-order valence-corrected chi connectivity index (χ4v) is 1.94. The molecule has 1 heterocycles. The lowest BCUT2D eigenvalue weighted by Gasteiger charge is -2.36. The molecule has 15 heavy (non-hydrogen) atoms. The average Bonchev–Trinajstić information content (AvgIpc) is 2.27. The van der Waals surface area contributed by atoms with Crippen molar-refractivity contribution in [2.45, 2.75) is 45.3 Å². The number of nitrogens with one attached hydrogen (secondary N) is 1. The molecule has 3 heteroatoms. The van der Waals surface area contributed by atoms with Crippen molar-refractivity contribution in [3.8, 4) is 0 Å². The molecule has 0 spiro atoms. The Bertz CT molecular complexity index is 224. The third kappa shape index (κ3) is 3.21. The van der Waals surface area contributed by atoms with Crippen molar-refractivity contribution in [3.63, 3.8) is 0 Å². The van der Waals surface area contributed by atoms with Crippen LogP contribution >= 0.6 is 0 Å². The number of ether oxygens (including phenoxy) is 2. The zero-order chi connectivity index (χ0) is 11.3. The van der Waals surface area contributed by atoms with E-state index in [9.17, 15) is 0 Å². The van der Waals surface area contributed by atoms with Gasteiger partial charge in [0, 0.05) is 7.11 Å². The third-order valence-corrected chi connectivity index (χ3v) is 2.96. The standard InChI is InChI=1S/C12H23NO2/c1-5-13-11(12(2,3)14-4)10-7-6-8-15-9-10/h9,11,13H,5-8H2,1-4H3. The van der Waals surface area contributed by atoms with Gasteiger partial charge in [-0.05, 0) is 38.8 Å². The second kappa shape index (κ2) is 5.52. The predicted octanol–water partition coefficient (Wildman–Crippen LogP) is 2.08. The Labute approximate surface area is 92.8 Å². The summed E-state index contributed by atoms with van der Waals surface area (Å²) < 4.78 is 10.9. The van der Waals surface area contributed by atoms with Crippen LogP contribution in [-0.2, 0) is 9.47 Å².